The normalized spacial score (nSPS) is 20.4. The first kappa shape index (κ1) is 16.7. The molecule has 9 nitrogen and oxygen atoms in total. The zero-order valence-electron chi connectivity index (χ0n) is 13.1. The third-order valence-corrected chi connectivity index (χ3v) is 4.18. The molecular weight excluding hydrogens is 328 g/mol. The second kappa shape index (κ2) is 6.36. The monoisotopic (exact) mass is 344 g/mol. The number of nitrogens with two attached hydrogens (primary N) is 1. The summed E-state index contributed by atoms with van der Waals surface area (Å²) in [7, 11) is 0. The summed E-state index contributed by atoms with van der Waals surface area (Å²) >= 11 is 0. The topological polar surface area (TPSA) is 139 Å². The van der Waals surface area contributed by atoms with Crippen molar-refractivity contribution >= 4 is 28.8 Å². The lowest BCUT2D eigenvalue weighted by Gasteiger charge is -2.17. The van der Waals surface area contributed by atoms with Crippen LogP contribution in [-0.4, -0.2) is 61.6 Å². The Morgan fingerprint density at radius 2 is 2.00 bits per heavy atom. The molecule has 0 spiro atoms. The van der Waals surface area contributed by atoms with Gasteiger partial charge in [0.05, 0.1) is 17.7 Å². The minimum absolute atomic E-state index is 0.0721. The number of pyridine rings is 1. The summed E-state index contributed by atoms with van der Waals surface area (Å²) in [6.45, 7) is 0.263. The highest BCUT2D eigenvalue weighted by atomic mass is 16.4. The number of nitrogens with zero attached hydrogens (tertiary/aromatic N) is 3. The second-order valence-corrected chi connectivity index (χ2v) is 5.73. The van der Waals surface area contributed by atoms with Gasteiger partial charge in [-0.25, -0.2) is 9.78 Å². The maximum atomic E-state index is 12.0. The molecule has 2 amide bonds. The summed E-state index contributed by atoms with van der Waals surface area (Å²) in [5.74, 6) is -2.29. The van der Waals surface area contributed by atoms with Gasteiger partial charge in [-0.2, -0.15) is 0 Å². The van der Waals surface area contributed by atoms with Gasteiger partial charge in [0.25, 0.3) is 0 Å². The van der Waals surface area contributed by atoms with Crippen LogP contribution in [0.4, 0.5) is 0 Å². The molecule has 0 bridgehead atoms. The van der Waals surface area contributed by atoms with Gasteiger partial charge in [0.1, 0.15) is 5.65 Å². The Hall–Kier alpha value is -3.20. The minimum atomic E-state index is -1.22. The van der Waals surface area contributed by atoms with Crippen molar-refractivity contribution < 1.29 is 24.6 Å². The van der Waals surface area contributed by atoms with E-state index in [1.54, 1.807) is 16.8 Å². The lowest BCUT2D eigenvalue weighted by Crippen LogP contribution is -2.28. The van der Waals surface area contributed by atoms with Crippen LogP contribution in [0.5, 0.6) is 0 Å². The van der Waals surface area contributed by atoms with E-state index in [0.29, 0.717) is 16.6 Å². The van der Waals surface area contributed by atoms with E-state index in [1.165, 1.54) is 17.2 Å². The Morgan fingerprint density at radius 1 is 1.24 bits per heavy atom. The standard InChI is InChI=1S/C16H16N4O5/c17-15(25)9-3-5-18-16-10(9)4-6-20(16)11-7-19(8-12(11)21)13(22)1-2-14(23)24/h1-6,11-12,21H,7-8H2,(H2,17,25)(H,23,24)/b2-1+/t11-,12-/m1/s1. The number of aliphatic hydroxyl groups excluding tert-OH is 1. The fraction of sp³-hybridized carbons (Fsp3) is 0.250. The number of hydrogen-bond donors (Lipinski definition) is 3. The fourth-order valence-corrected chi connectivity index (χ4v) is 3.01. The van der Waals surface area contributed by atoms with Gasteiger partial charge in [0.2, 0.25) is 11.8 Å². The summed E-state index contributed by atoms with van der Waals surface area (Å²) in [6.07, 6.45) is 4.00. The van der Waals surface area contributed by atoms with E-state index in [4.69, 9.17) is 10.8 Å². The summed E-state index contributed by atoms with van der Waals surface area (Å²) in [5, 5.41) is 19.5. The number of primary amides is 1. The number of carbonyl (C=O) groups excluding carboxylic acids is 2. The number of likely N-dealkylation sites (tertiary alicyclic amines) is 1. The molecule has 9 heteroatoms. The SMILES string of the molecule is NC(=O)c1ccnc2c1ccn2[C@@H]1CN(C(=O)/C=C/C(=O)O)C[C@H]1O. The minimum Gasteiger partial charge on any atom is -0.478 e. The zero-order chi connectivity index (χ0) is 18.1. The van der Waals surface area contributed by atoms with Gasteiger partial charge in [-0.3, -0.25) is 9.59 Å². The second-order valence-electron chi connectivity index (χ2n) is 5.73. The van der Waals surface area contributed by atoms with Crippen LogP contribution in [0.2, 0.25) is 0 Å². The average Bonchev–Trinajstić information content (AvgIpc) is 3.15. The third kappa shape index (κ3) is 3.09. The van der Waals surface area contributed by atoms with Crippen molar-refractivity contribution in [2.75, 3.05) is 13.1 Å². The van der Waals surface area contributed by atoms with Crippen molar-refractivity contribution in [1.82, 2.24) is 14.5 Å². The number of aromatic nitrogens is 2. The maximum Gasteiger partial charge on any atom is 0.328 e. The lowest BCUT2D eigenvalue weighted by atomic mass is 10.2. The number of fused-ring (bicyclic) bond motifs is 1. The predicted molar refractivity (Wildman–Crippen MR) is 86.7 cm³/mol. The Labute approximate surface area is 142 Å². The molecule has 3 rings (SSSR count). The molecule has 0 saturated carbocycles. The molecule has 130 valence electrons. The number of rotatable bonds is 4. The Bertz CT molecular complexity index is 888. The number of aliphatic carboxylic acids is 1. The van der Waals surface area contributed by atoms with Crippen LogP contribution in [0.15, 0.2) is 36.7 Å². The quantitative estimate of drug-likeness (QED) is 0.640. The van der Waals surface area contributed by atoms with Gasteiger partial charge in [0.15, 0.2) is 0 Å². The first-order chi connectivity index (χ1) is 11.9. The highest BCUT2D eigenvalue weighted by molar-refractivity contribution is 6.04. The van der Waals surface area contributed by atoms with Crippen LogP contribution in [0.1, 0.15) is 16.4 Å². The van der Waals surface area contributed by atoms with Crippen molar-refractivity contribution in [2.45, 2.75) is 12.1 Å². The number of amides is 2. The molecule has 3 heterocycles. The van der Waals surface area contributed by atoms with E-state index in [9.17, 15) is 19.5 Å². The molecule has 2 atom stereocenters. The number of carbonyl (C=O) groups is 3. The number of hydrogen-bond acceptors (Lipinski definition) is 5. The van der Waals surface area contributed by atoms with E-state index in [2.05, 4.69) is 4.98 Å². The summed E-state index contributed by atoms with van der Waals surface area (Å²) in [4.78, 5) is 39.6. The molecule has 0 aromatic carbocycles. The number of aliphatic hydroxyl groups is 1. The van der Waals surface area contributed by atoms with Crippen molar-refractivity contribution in [1.29, 1.82) is 0 Å². The fourth-order valence-electron chi connectivity index (χ4n) is 3.01. The van der Waals surface area contributed by atoms with E-state index in [0.717, 1.165) is 12.2 Å². The van der Waals surface area contributed by atoms with Crippen molar-refractivity contribution in [3.8, 4) is 0 Å². The highest BCUT2D eigenvalue weighted by Crippen LogP contribution is 2.28. The number of carboxylic acids is 1. The molecular formula is C16H16N4O5. The molecule has 0 radical (unpaired) electrons. The van der Waals surface area contributed by atoms with Crippen LogP contribution >= 0.6 is 0 Å². The molecule has 2 aromatic rings. The molecule has 0 unspecified atom stereocenters. The van der Waals surface area contributed by atoms with E-state index >= 15 is 0 Å². The molecule has 2 aromatic heterocycles. The van der Waals surface area contributed by atoms with Crippen LogP contribution < -0.4 is 5.73 Å². The molecule has 1 aliphatic rings. The smallest absolute Gasteiger partial charge is 0.328 e. The number of carboxylic acid groups (broad SMARTS) is 1. The molecule has 1 saturated heterocycles. The van der Waals surface area contributed by atoms with Crippen molar-refractivity contribution in [2.24, 2.45) is 5.73 Å². The van der Waals surface area contributed by atoms with Crippen LogP contribution in [0.3, 0.4) is 0 Å². The van der Waals surface area contributed by atoms with Gasteiger partial charge in [-0.1, -0.05) is 0 Å². The van der Waals surface area contributed by atoms with Gasteiger partial charge in [0, 0.05) is 43.0 Å². The summed E-state index contributed by atoms with van der Waals surface area (Å²) in [6, 6.07) is 2.74. The van der Waals surface area contributed by atoms with Gasteiger partial charge >= 0.3 is 5.97 Å². The van der Waals surface area contributed by atoms with Crippen molar-refractivity contribution in [3.63, 3.8) is 0 Å². The molecule has 1 fully saturated rings. The first-order valence-corrected chi connectivity index (χ1v) is 7.52. The third-order valence-electron chi connectivity index (χ3n) is 4.18. The molecule has 25 heavy (non-hydrogen) atoms. The van der Waals surface area contributed by atoms with E-state index in [-0.39, 0.29) is 13.1 Å². The highest BCUT2D eigenvalue weighted by Gasteiger charge is 2.35. The van der Waals surface area contributed by atoms with Gasteiger partial charge < -0.3 is 25.4 Å². The van der Waals surface area contributed by atoms with E-state index < -0.39 is 29.9 Å². The predicted octanol–water partition coefficient (Wildman–Crippen LogP) is -0.480. The zero-order valence-corrected chi connectivity index (χ0v) is 13.1. The Morgan fingerprint density at radius 3 is 2.68 bits per heavy atom. The van der Waals surface area contributed by atoms with Gasteiger partial charge in [-0.05, 0) is 12.1 Å². The molecule has 1 aliphatic heterocycles. The van der Waals surface area contributed by atoms with Crippen molar-refractivity contribution in [3.05, 3.63) is 42.2 Å². The summed E-state index contributed by atoms with van der Waals surface area (Å²) < 4.78 is 1.70. The largest absolute Gasteiger partial charge is 0.478 e. The van der Waals surface area contributed by atoms with Crippen LogP contribution in [0.25, 0.3) is 11.0 Å². The Balaban J connectivity index is 1.89. The van der Waals surface area contributed by atoms with E-state index in [1.807, 2.05) is 0 Å². The Kier molecular flexibility index (Phi) is 4.24. The lowest BCUT2D eigenvalue weighted by molar-refractivity contribution is -0.132. The number of β-amino-alcohol motifs (C(OH)–C–C–N with tert-alkyl or cyclic N) is 1. The first-order valence-electron chi connectivity index (χ1n) is 7.52. The van der Waals surface area contributed by atoms with Crippen LogP contribution in [-0.2, 0) is 9.59 Å². The average molecular weight is 344 g/mol. The molecule has 4 N–H and O–H groups in total. The maximum absolute atomic E-state index is 12.0. The van der Waals surface area contributed by atoms with Gasteiger partial charge in [-0.15, -0.1) is 0 Å². The van der Waals surface area contributed by atoms with Crippen LogP contribution in [0, 0.1) is 0 Å². The summed E-state index contributed by atoms with van der Waals surface area (Å²) in [5.41, 5.74) is 6.17. The molecule has 0 aliphatic carbocycles.